The second-order valence-corrected chi connectivity index (χ2v) is 5.40. The molecule has 1 aliphatic heterocycles. The van der Waals surface area contributed by atoms with Gasteiger partial charge in [0, 0.05) is 24.7 Å². The number of hydrogen-bond acceptors (Lipinski definition) is 3. The molecule has 1 aromatic carbocycles. The normalized spacial score (nSPS) is 17.3. The van der Waals surface area contributed by atoms with Crippen molar-refractivity contribution in [2.24, 2.45) is 0 Å². The summed E-state index contributed by atoms with van der Waals surface area (Å²) in [7, 11) is 0. The number of rotatable bonds is 3. The number of nitrogens with zero attached hydrogens (tertiary/aromatic N) is 2. The first-order valence-electron chi connectivity index (χ1n) is 7.27. The van der Waals surface area contributed by atoms with E-state index in [1.165, 1.54) is 0 Å². The zero-order valence-corrected chi connectivity index (χ0v) is 13.7. The fourth-order valence-electron chi connectivity index (χ4n) is 2.26. The van der Waals surface area contributed by atoms with E-state index in [0.717, 1.165) is 5.69 Å². The molecular weight excluding hydrogens is 286 g/mol. The van der Waals surface area contributed by atoms with Crippen LogP contribution in [0.2, 0.25) is 5.02 Å². The third-order valence-electron chi connectivity index (χ3n) is 3.24. The third-order valence-corrected chi connectivity index (χ3v) is 3.55. The third kappa shape index (κ3) is 4.37. The van der Waals surface area contributed by atoms with Crippen molar-refractivity contribution in [2.45, 2.75) is 46.2 Å². The maximum Gasteiger partial charge on any atom is 0.225 e. The lowest BCUT2D eigenvalue weighted by atomic mass is 10.2. The van der Waals surface area contributed by atoms with Crippen LogP contribution in [0.15, 0.2) is 18.2 Å². The van der Waals surface area contributed by atoms with E-state index >= 15 is 0 Å². The van der Waals surface area contributed by atoms with E-state index < -0.39 is 0 Å². The molecule has 1 atom stereocenters. The Morgan fingerprint density at radius 1 is 1.43 bits per heavy atom. The molecule has 0 spiro atoms. The number of carbonyl (C=O) groups excluding carboxylic acids is 1. The van der Waals surface area contributed by atoms with E-state index in [1.54, 1.807) is 12.1 Å². The van der Waals surface area contributed by atoms with Crippen molar-refractivity contribution in [3.63, 3.8) is 0 Å². The Labute approximate surface area is 131 Å². The first kappa shape index (κ1) is 17.3. The summed E-state index contributed by atoms with van der Waals surface area (Å²) in [5, 5.41) is 12.5. The molecule has 0 radical (unpaired) electrons. The van der Waals surface area contributed by atoms with Crippen molar-refractivity contribution in [1.82, 2.24) is 4.90 Å². The minimum atomic E-state index is 0.0962. The Bertz CT molecular complexity index is 537. The Morgan fingerprint density at radius 2 is 2.10 bits per heavy atom. The number of anilines is 1. The number of carbonyl (C=O) groups is 1. The van der Waals surface area contributed by atoms with Gasteiger partial charge in [0.05, 0.1) is 16.6 Å². The molecule has 0 aromatic heterocycles. The number of halogens is 1. The SMILES string of the molecule is CC.CC(C)N1CC(Nc2ccc(C#N)c(Cl)c2)CC1=O. The van der Waals surface area contributed by atoms with Crippen LogP contribution in [0.4, 0.5) is 5.69 Å². The van der Waals surface area contributed by atoms with E-state index in [4.69, 9.17) is 16.9 Å². The molecule has 1 fully saturated rings. The lowest BCUT2D eigenvalue weighted by Crippen LogP contribution is -2.33. The van der Waals surface area contributed by atoms with Crippen LogP contribution in [0.1, 0.15) is 39.7 Å². The lowest BCUT2D eigenvalue weighted by Gasteiger charge is -2.21. The van der Waals surface area contributed by atoms with Crippen molar-refractivity contribution in [3.8, 4) is 6.07 Å². The van der Waals surface area contributed by atoms with Crippen molar-refractivity contribution in [3.05, 3.63) is 28.8 Å². The molecule has 1 unspecified atom stereocenters. The highest BCUT2D eigenvalue weighted by Gasteiger charge is 2.30. The number of likely N-dealkylation sites (tertiary alicyclic amines) is 1. The molecule has 5 heteroatoms. The lowest BCUT2D eigenvalue weighted by molar-refractivity contribution is -0.129. The first-order chi connectivity index (χ1) is 10.0. The van der Waals surface area contributed by atoms with Crippen LogP contribution in [0.25, 0.3) is 0 Å². The minimum absolute atomic E-state index is 0.0962. The smallest absolute Gasteiger partial charge is 0.225 e. The summed E-state index contributed by atoms with van der Waals surface area (Å²) in [5.74, 6) is 0.173. The van der Waals surface area contributed by atoms with Gasteiger partial charge in [-0.3, -0.25) is 4.79 Å². The highest BCUT2D eigenvalue weighted by atomic mass is 35.5. The molecule has 1 aliphatic rings. The molecule has 1 heterocycles. The topological polar surface area (TPSA) is 56.1 Å². The molecule has 1 aromatic rings. The van der Waals surface area contributed by atoms with Crippen molar-refractivity contribution < 1.29 is 4.79 Å². The van der Waals surface area contributed by atoms with Crippen LogP contribution >= 0.6 is 11.6 Å². The molecule has 2 rings (SSSR count). The number of benzene rings is 1. The van der Waals surface area contributed by atoms with Crippen LogP contribution in [0.5, 0.6) is 0 Å². The standard InChI is InChI=1S/C14H16ClN3O.C2H6/c1-9(2)18-8-12(6-14(18)19)17-11-4-3-10(7-16)13(15)5-11;1-2/h3-5,9,12,17H,6,8H2,1-2H3;1-2H3. The quantitative estimate of drug-likeness (QED) is 0.927. The molecule has 4 nitrogen and oxygen atoms in total. The van der Waals surface area contributed by atoms with Crippen LogP contribution in [0, 0.1) is 11.3 Å². The largest absolute Gasteiger partial charge is 0.380 e. The molecule has 114 valence electrons. The van der Waals surface area contributed by atoms with Gasteiger partial charge >= 0.3 is 0 Å². The molecule has 0 bridgehead atoms. The maximum absolute atomic E-state index is 11.8. The highest BCUT2D eigenvalue weighted by Crippen LogP contribution is 2.23. The minimum Gasteiger partial charge on any atom is -0.380 e. The predicted molar refractivity (Wildman–Crippen MR) is 86.4 cm³/mol. The van der Waals surface area contributed by atoms with E-state index in [2.05, 4.69) is 5.32 Å². The van der Waals surface area contributed by atoms with Gasteiger partial charge < -0.3 is 10.2 Å². The molecule has 1 N–H and O–H groups in total. The fourth-order valence-corrected chi connectivity index (χ4v) is 2.48. The van der Waals surface area contributed by atoms with Crippen LogP contribution in [-0.4, -0.2) is 29.4 Å². The molecular formula is C16H22ClN3O. The average molecular weight is 308 g/mol. The summed E-state index contributed by atoms with van der Waals surface area (Å²) >= 11 is 5.98. The van der Waals surface area contributed by atoms with Gasteiger partial charge in [-0.05, 0) is 32.0 Å². The van der Waals surface area contributed by atoms with Crippen LogP contribution in [-0.2, 0) is 4.79 Å². The van der Waals surface area contributed by atoms with E-state index in [0.29, 0.717) is 23.6 Å². The zero-order valence-electron chi connectivity index (χ0n) is 13.0. The number of nitriles is 1. The van der Waals surface area contributed by atoms with Gasteiger partial charge in [-0.1, -0.05) is 25.4 Å². The maximum atomic E-state index is 11.8. The monoisotopic (exact) mass is 307 g/mol. The van der Waals surface area contributed by atoms with E-state index in [-0.39, 0.29) is 18.0 Å². The van der Waals surface area contributed by atoms with Gasteiger partial charge in [-0.15, -0.1) is 0 Å². The van der Waals surface area contributed by atoms with Gasteiger partial charge in [0.15, 0.2) is 0 Å². The van der Waals surface area contributed by atoms with Gasteiger partial charge in [0.1, 0.15) is 6.07 Å². The van der Waals surface area contributed by atoms with Gasteiger partial charge in [0.2, 0.25) is 5.91 Å². The first-order valence-corrected chi connectivity index (χ1v) is 7.64. The molecule has 1 amide bonds. The second-order valence-electron chi connectivity index (χ2n) is 4.99. The summed E-state index contributed by atoms with van der Waals surface area (Å²) < 4.78 is 0. The van der Waals surface area contributed by atoms with E-state index in [1.807, 2.05) is 44.7 Å². The number of nitrogens with one attached hydrogen (secondary N) is 1. The summed E-state index contributed by atoms with van der Waals surface area (Å²) in [6, 6.07) is 7.56. The Hall–Kier alpha value is -1.73. The van der Waals surface area contributed by atoms with Gasteiger partial charge in [-0.2, -0.15) is 5.26 Å². The number of amides is 1. The van der Waals surface area contributed by atoms with Crippen LogP contribution < -0.4 is 5.32 Å². The number of hydrogen-bond donors (Lipinski definition) is 1. The molecule has 21 heavy (non-hydrogen) atoms. The fraction of sp³-hybridized carbons (Fsp3) is 0.500. The Kier molecular flexibility index (Phi) is 6.51. The molecule has 1 saturated heterocycles. The van der Waals surface area contributed by atoms with Crippen molar-refractivity contribution in [1.29, 1.82) is 5.26 Å². The summed E-state index contributed by atoms with van der Waals surface area (Å²) in [6.07, 6.45) is 0.496. The predicted octanol–water partition coefficient (Wildman–Crippen LogP) is 3.66. The summed E-state index contributed by atoms with van der Waals surface area (Å²) in [4.78, 5) is 13.7. The molecule has 0 aliphatic carbocycles. The van der Waals surface area contributed by atoms with E-state index in [9.17, 15) is 4.79 Å². The second kappa shape index (κ2) is 7.90. The van der Waals surface area contributed by atoms with Gasteiger partial charge in [0.25, 0.3) is 0 Å². The van der Waals surface area contributed by atoms with Crippen molar-refractivity contribution in [2.75, 3.05) is 11.9 Å². The van der Waals surface area contributed by atoms with Crippen LogP contribution in [0.3, 0.4) is 0 Å². The Balaban J connectivity index is 0.00000106. The van der Waals surface area contributed by atoms with Gasteiger partial charge in [-0.25, -0.2) is 0 Å². The average Bonchev–Trinajstić information content (AvgIpc) is 2.82. The Morgan fingerprint density at radius 3 is 2.57 bits per heavy atom. The zero-order chi connectivity index (χ0) is 16.0. The molecule has 0 saturated carbocycles. The van der Waals surface area contributed by atoms with Crippen molar-refractivity contribution >= 4 is 23.2 Å². The highest BCUT2D eigenvalue weighted by molar-refractivity contribution is 6.32. The summed E-state index contributed by atoms with van der Waals surface area (Å²) in [6.45, 7) is 8.73. The summed E-state index contributed by atoms with van der Waals surface area (Å²) in [5.41, 5.74) is 1.30.